The van der Waals surface area contributed by atoms with Crippen molar-refractivity contribution in [2.24, 2.45) is 0 Å². The first-order valence-electron chi connectivity index (χ1n) is 9.78. The molecule has 0 aromatic heterocycles. The molecule has 3 fully saturated rings. The van der Waals surface area contributed by atoms with Crippen molar-refractivity contribution < 1.29 is 0 Å². The van der Waals surface area contributed by atoms with Crippen molar-refractivity contribution in [2.45, 2.75) is 100 Å². The summed E-state index contributed by atoms with van der Waals surface area (Å²) in [5.74, 6) is 0. The van der Waals surface area contributed by atoms with Gasteiger partial charge in [-0.05, 0) is 23.0 Å². The van der Waals surface area contributed by atoms with Gasteiger partial charge < -0.3 is 0 Å². The molecule has 0 bridgehead atoms. The summed E-state index contributed by atoms with van der Waals surface area (Å²) in [5.41, 5.74) is 3.49. The van der Waals surface area contributed by atoms with E-state index in [4.69, 9.17) is 0 Å². The highest BCUT2D eigenvalue weighted by atomic mass is 28.3. The fourth-order valence-corrected chi connectivity index (χ4v) is 15.3. The quantitative estimate of drug-likeness (QED) is 0.507. The Kier molecular flexibility index (Phi) is 4.13. The van der Waals surface area contributed by atoms with Crippen molar-refractivity contribution in [1.29, 1.82) is 0 Å². The van der Waals surface area contributed by atoms with Crippen molar-refractivity contribution in [1.82, 2.24) is 0 Å². The van der Waals surface area contributed by atoms with E-state index in [9.17, 15) is 0 Å². The maximum absolute atomic E-state index is 2.61. The van der Waals surface area contributed by atoms with Crippen LogP contribution in [0.25, 0.3) is 0 Å². The van der Waals surface area contributed by atoms with Crippen molar-refractivity contribution in [3.63, 3.8) is 0 Å². The lowest BCUT2D eigenvalue weighted by Crippen LogP contribution is -2.49. The molecule has 0 spiro atoms. The van der Waals surface area contributed by atoms with E-state index in [0.717, 1.165) is 16.6 Å². The molecular formula is C20H32Si. The molecule has 0 aromatic carbocycles. The van der Waals surface area contributed by atoms with E-state index in [-0.39, 0.29) is 0 Å². The highest BCUT2D eigenvalue weighted by molar-refractivity contribution is 6.90. The second-order valence-corrected chi connectivity index (χ2v) is 13.2. The summed E-state index contributed by atoms with van der Waals surface area (Å²) >= 11 is 0. The van der Waals surface area contributed by atoms with Gasteiger partial charge >= 0.3 is 0 Å². The maximum Gasteiger partial charge on any atom is 0.0911 e. The molecule has 0 radical (unpaired) electrons. The zero-order chi connectivity index (χ0) is 14.1. The van der Waals surface area contributed by atoms with Crippen LogP contribution < -0.4 is 0 Å². The van der Waals surface area contributed by atoms with Crippen molar-refractivity contribution in [2.75, 3.05) is 0 Å². The van der Waals surface area contributed by atoms with Gasteiger partial charge in [0.15, 0.2) is 0 Å². The maximum atomic E-state index is 2.61. The van der Waals surface area contributed by atoms with E-state index in [1.807, 2.05) is 5.20 Å². The average molecular weight is 301 g/mol. The lowest BCUT2D eigenvalue weighted by atomic mass is 10.3. The number of allylic oxidation sites excluding steroid dienone is 4. The topological polar surface area (TPSA) is 0 Å². The van der Waals surface area contributed by atoms with Gasteiger partial charge in [0.05, 0.1) is 8.07 Å². The number of rotatable bonds is 4. The third-order valence-corrected chi connectivity index (χ3v) is 14.7. The molecular weight excluding hydrogens is 268 g/mol. The molecule has 4 rings (SSSR count). The standard InChI is InChI=1S/C20H32Si/c1-2-10-17(9-1)21(18-11-3-4-12-18,19-13-5-6-14-19)20-15-7-8-16-20/h1-2,9,18-20H,3-8,10-16H2. The molecule has 0 atom stereocenters. The van der Waals surface area contributed by atoms with Crippen molar-refractivity contribution in [3.05, 3.63) is 23.4 Å². The molecule has 0 unspecified atom stereocenters. The van der Waals surface area contributed by atoms with Gasteiger partial charge in [0.2, 0.25) is 0 Å². The summed E-state index contributed by atoms with van der Waals surface area (Å²) in [4.78, 5) is 0. The van der Waals surface area contributed by atoms with Crippen LogP contribution >= 0.6 is 0 Å². The van der Waals surface area contributed by atoms with Crippen LogP contribution in [0.15, 0.2) is 23.4 Å². The molecule has 0 saturated heterocycles. The van der Waals surface area contributed by atoms with Gasteiger partial charge in [0.25, 0.3) is 0 Å². The summed E-state index contributed by atoms with van der Waals surface area (Å²) in [5, 5.41) is 2.01. The molecule has 0 aliphatic heterocycles. The van der Waals surface area contributed by atoms with Crippen LogP contribution in [0.2, 0.25) is 16.6 Å². The van der Waals surface area contributed by atoms with Gasteiger partial charge in [-0.3, -0.25) is 0 Å². The van der Waals surface area contributed by atoms with Crippen LogP contribution in [0.4, 0.5) is 0 Å². The van der Waals surface area contributed by atoms with Gasteiger partial charge in [-0.2, -0.15) is 0 Å². The minimum absolute atomic E-state index is 1.16. The highest BCUT2D eigenvalue weighted by Gasteiger charge is 2.55. The fourth-order valence-electron chi connectivity index (χ4n) is 6.77. The lowest BCUT2D eigenvalue weighted by Gasteiger charge is -2.48. The highest BCUT2D eigenvalue weighted by Crippen LogP contribution is 2.62. The Balaban J connectivity index is 1.76. The largest absolute Gasteiger partial charge is 0.0911 e. The molecule has 0 nitrogen and oxygen atoms in total. The Morgan fingerprint density at radius 3 is 1.43 bits per heavy atom. The van der Waals surface area contributed by atoms with Gasteiger partial charge in [0.1, 0.15) is 0 Å². The van der Waals surface area contributed by atoms with Gasteiger partial charge in [0, 0.05) is 0 Å². The third-order valence-electron chi connectivity index (χ3n) is 7.42. The SMILES string of the molecule is C1=CCC([Si](C2CCCC2)(C2CCCC2)C2CCCC2)=C1. The second kappa shape index (κ2) is 6.06. The predicted molar refractivity (Wildman–Crippen MR) is 94.2 cm³/mol. The summed E-state index contributed by atoms with van der Waals surface area (Å²) in [6, 6.07) is 0. The second-order valence-electron chi connectivity index (χ2n) is 8.20. The average Bonchev–Trinajstić information content (AvgIpc) is 3.32. The Labute approximate surface area is 132 Å². The molecule has 0 aromatic rings. The van der Waals surface area contributed by atoms with Gasteiger partial charge in [-0.1, -0.05) is 100 Å². The van der Waals surface area contributed by atoms with Crippen LogP contribution in [0.5, 0.6) is 0 Å². The molecule has 4 aliphatic carbocycles. The van der Waals surface area contributed by atoms with Gasteiger partial charge in [-0.25, -0.2) is 0 Å². The Morgan fingerprint density at radius 2 is 1.10 bits per heavy atom. The zero-order valence-corrected chi connectivity index (χ0v) is 14.7. The number of hydrogen-bond donors (Lipinski definition) is 0. The summed E-state index contributed by atoms with van der Waals surface area (Å²) in [7, 11) is -1.26. The lowest BCUT2D eigenvalue weighted by molar-refractivity contribution is 0.679. The van der Waals surface area contributed by atoms with E-state index in [1.165, 1.54) is 6.42 Å². The monoisotopic (exact) mass is 300 g/mol. The molecule has 116 valence electrons. The molecule has 0 N–H and O–H groups in total. The van der Waals surface area contributed by atoms with E-state index in [0.29, 0.717) is 0 Å². The molecule has 3 saturated carbocycles. The predicted octanol–water partition coefficient (Wildman–Crippen LogP) is 6.69. The van der Waals surface area contributed by atoms with E-state index in [1.54, 1.807) is 77.0 Å². The summed E-state index contributed by atoms with van der Waals surface area (Å²) in [6.45, 7) is 0. The van der Waals surface area contributed by atoms with Crippen molar-refractivity contribution in [3.8, 4) is 0 Å². The van der Waals surface area contributed by atoms with E-state index in [2.05, 4.69) is 18.2 Å². The molecule has 0 heterocycles. The van der Waals surface area contributed by atoms with Crippen LogP contribution in [-0.4, -0.2) is 8.07 Å². The zero-order valence-electron chi connectivity index (χ0n) is 13.7. The Morgan fingerprint density at radius 1 is 0.667 bits per heavy atom. The molecule has 21 heavy (non-hydrogen) atoms. The minimum atomic E-state index is -1.26. The third kappa shape index (κ3) is 2.31. The molecule has 4 aliphatic rings. The number of hydrogen-bond acceptors (Lipinski definition) is 0. The minimum Gasteiger partial charge on any atom is -0.0809 e. The first kappa shape index (κ1) is 14.3. The Hall–Kier alpha value is -0.303. The molecule has 0 amide bonds. The van der Waals surface area contributed by atoms with E-state index < -0.39 is 8.07 Å². The van der Waals surface area contributed by atoms with Crippen molar-refractivity contribution >= 4 is 8.07 Å². The van der Waals surface area contributed by atoms with Crippen LogP contribution in [-0.2, 0) is 0 Å². The molecule has 1 heteroatoms. The Bertz CT molecular complexity index is 374. The van der Waals surface area contributed by atoms with Crippen LogP contribution in [0, 0.1) is 0 Å². The normalized spacial score (nSPS) is 28.9. The van der Waals surface area contributed by atoms with E-state index >= 15 is 0 Å². The van der Waals surface area contributed by atoms with Gasteiger partial charge in [-0.15, -0.1) is 0 Å². The summed E-state index contributed by atoms with van der Waals surface area (Å²) in [6.07, 6.45) is 27.6. The van der Waals surface area contributed by atoms with Crippen LogP contribution in [0.1, 0.15) is 83.5 Å². The van der Waals surface area contributed by atoms with Crippen LogP contribution in [0.3, 0.4) is 0 Å². The first-order valence-corrected chi connectivity index (χ1v) is 12.0. The fraction of sp³-hybridized carbons (Fsp3) is 0.800. The first-order chi connectivity index (χ1) is 10.4. The smallest absolute Gasteiger partial charge is 0.0809 e. The summed E-state index contributed by atoms with van der Waals surface area (Å²) < 4.78 is 0.